The van der Waals surface area contributed by atoms with E-state index in [1.807, 2.05) is 12.1 Å². The lowest BCUT2D eigenvalue weighted by atomic mass is 10.1. The van der Waals surface area contributed by atoms with E-state index in [9.17, 15) is 0 Å². The fraction of sp³-hybridized carbons (Fsp3) is 0. The van der Waals surface area contributed by atoms with Crippen molar-refractivity contribution in [1.82, 2.24) is 9.97 Å². The molecule has 0 unspecified atom stereocenters. The van der Waals surface area contributed by atoms with E-state index in [2.05, 4.69) is 9.97 Å². The zero-order valence-electron chi connectivity index (χ0n) is 8.27. The van der Waals surface area contributed by atoms with E-state index in [-0.39, 0.29) is 4.99 Å². The maximum absolute atomic E-state index is 8.86. The van der Waals surface area contributed by atoms with Crippen molar-refractivity contribution in [2.75, 3.05) is 0 Å². The predicted molar refractivity (Wildman–Crippen MR) is 66.5 cm³/mol. The molecule has 0 aromatic carbocycles. The maximum Gasteiger partial charge on any atom is 0.114 e. The van der Waals surface area contributed by atoms with Crippen molar-refractivity contribution in [1.29, 1.82) is 5.26 Å². The number of nitrogens with zero attached hydrogens (tertiary/aromatic N) is 2. The van der Waals surface area contributed by atoms with E-state index in [1.165, 1.54) is 0 Å². The summed E-state index contributed by atoms with van der Waals surface area (Å²) in [5.41, 5.74) is 7.53. The largest absolute Gasteiger partial charge is 0.389 e. The second-order valence-electron chi connectivity index (χ2n) is 3.20. The van der Waals surface area contributed by atoms with E-state index in [0.717, 1.165) is 16.5 Å². The summed E-state index contributed by atoms with van der Waals surface area (Å²) in [6.07, 6.45) is 6.88. The Labute approximate surface area is 97.4 Å². The van der Waals surface area contributed by atoms with Crippen molar-refractivity contribution in [3.63, 3.8) is 0 Å². The Hall–Kier alpha value is -2.19. The van der Waals surface area contributed by atoms with Crippen molar-refractivity contribution in [2.45, 2.75) is 0 Å². The second kappa shape index (κ2) is 4.13. The third-order valence-electron chi connectivity index (χ3n) is 2.20. The minimum Gasteiger partial charge on any atom is -0.389 e. The standard InChI is InChI=1S/C11H8N4S/c12-4-7(11(13)16)3-8-5-15-10-1-2-14-6-9(8)10/h1-3,5-6,15H,(H2,13,16). The lowest BCUT2D eigenvalue weighted by molar-refractivity contribution is 1.36. The number of rotatable bonds is 2. The van der Waals surface area contributed by atoms with Gasteiger partial charge in [-0.15, -0.1) is 0 Å². The van der Waals surface area contributed by atoms with Crippen LogP contribution < -0.4 is 5.73 Å². The van der Waals surface area contributed by atoms with Gasteiger partial charge < -0.3 is 10.7 Å². The molecule has 0 saturated heterocycles. The third-order valence-corrected chi connectivity index (χ3v) is 2.42. The number of aromatic amines is 1. The van der Waals surface area contributed by atoms with Gasteiger partial charge in [-0.1, -0.05) is 12.2 Å². The van der Waals surface area contributed by atoms with Gasteiger partial charge in [-0.2, -0.15) is 5.26 Å². The van der Waals surface area contributed by atoms with Crippen LogP contribution in [-0.4, -0.2) is 15.0 Å². The number of aromatic nitrogens is 2. The number of hydrogen-bond acceptors (Lipinski definition) is 3. The Morgan fingerprint density at radius 2 is 2.44 bits per heavy atom. The fourth-order valence-electron chi connectivity index (χ4n) is 1.42. The first-order valence-corrected chi connectivity index (χ1v) is 4.96. The normalized spacial score (nSPS) is 11.3. The number of H-pyrrole nitrogens is 1. The van der Waals surface area contributed by atoms with Gasteiger partial charge in [0.15, 0.2) is 0 Å². The van der Waals surface area contributed by atoms with Gasteiger partial charge in [-0.05, 0) is 12.1 Å². The average Bonchev–Trinajstić information content (AvgIpc) is 2.69. The second-order valence-corrected chi connectivity index (χ2v) is 3.64. The summed E-state index contributed by atoms with van der Waals surface area (Å²) >= 11 is 4.77. The number of fused-ring (bicyclic) bond motifs is 1. The maximum atomic E-state index is 8.86. The van der Waals surface area contributed by atoms with Crippen LogP contribution in [0.15, 0.2) is 30.2 Å². The van der Waals surface area contributed by atoms with Crippen molar-refractivity contribution >= 4 is 34.2 Å². The molecule has 16 heavy (non-hydrogen) atoms. The summed E-state index contributed by atoms with van der Waals surface area (Å²) in [6, 6.07) is 3.83. The Kier molecular flexibility index (Phi) is 2.66. The Bertz CT molecular complexity index is 618. The Morgan fingerprint density at radius 3 is 3.12 bits per heavy atom. The van der Waals surface area contributed by atoms with Crippen molar-refractivity contribution in [3.05, 3.63) is 35.8 Å². The van der Waals surface area contributed by atoms with Crippen LogP contribution in [0.25, 0.3) is 17.0 Å². The first-order valence-electron chi connectivity index (χ1n) is 4.55. The van der Waals surface area contributed by atoms with E-state index in [0.29, 0.717) is 5.57 Å². The van der Waals surface area contributed by atoms with Gasteiger partial charge in [-0.25, -0.2) is 0 Å². The van der Waals surface area contributed by atoms with Crippen LogP contribution in [0.4, 0.5) is 0 Å². The van der Waals surface area contributed by atoms with Crippen molar-refractivity contribution in [2.24, 2.45) is 5.73 Å². The number of hydrogen-bond donors (Lipinski definition) is 2. The highest BCUT2D eigenvalue weighted by Crippen LogP contribution is 2.19. The minimum absolute atomic E-state index is 0.0979. The molecule has 0 aliphatic carbocycles. The molecule has 0 bridgehead atoms. The fourth-order valence-corrected chi connectivity index (χ4v) is 1.52. The summed E-state index contributed by atoms with van der Waals surface area (Å²) in [5.74, 6) is 0. The van der Waals surface area contributed by atoms with Crippen molar-refractivity contribution < 1.29 is 0 Å². The number of nitriles is 1. The highest BCUT2D eigenvalue weighted by atomic mass is 32.1. The van der Waals surface area contributed by atoms with Gasteiger partial charge in [-0.3, -0.25) is 4.98 Å². The molecule has 0 spiro atoms. The molecule has 78 valence electrons. The summed E-state index contributed by atoms with van der Waals surface area (Å²) in [6.45, 7) is 0. The van der Waals surface area contributed by atoms with Gasteiger partial charge in [0, 0.05) is 35.1 Å². The summed E-state index contributed by atoms with van der Waals surface area (Å²) < 4.78 is 0. The van der Waals surface area contributed by atoms with Gasteiger partial charge in [0.2, 0.25) is 0 Å². The highest BCUT2D eigenvalue weighted by Gasteiger charge is 2.04. The number of nitrogens with two attached hydrogens (primary N) is 1. The monoisotopic (exact) mass is 228 g/mol. The molecule has 2 aromatic heterocycles. The molecule has 0 fully saturated rings. The lowest BCUT2D eigenvalue weighted by Gasteiger charge is -1.94. The molecule has 0 aliphatic heterocycles. The molecule has 0 amide bonds. The number of nitrogens with one attached hydrogen (secondary N) is 1. The van der Waals surface area contributed by atoms with Crippen LogP contribution in [0.3, 0.4) is 0 Å². The van der Waals surface area contributed by atoms with Crippen LogP contribution >= 0.6 is 12.2 Å². The molecular weight excluding hydrogens is 220 g/mol. The summed E-state index contributed by atoms with van der Waals surface area (Å²) in [7, 11) is 0. The molecule has 2 rings (SSSR count). The third kappa shape index (κ3) is 1.78. The topological polar surface area (TPSA) is 78.5 Å². The van der Waals surface area contributed by atoms with Crippen LogP contribution in [0.5, 0.6) is 0 Å². The van der Waals surface area contributed by atoms with E-state index in [1.54, 1.807) is 24.7 Å². The average molecular weight is 228 g/mol. The molecule has 5 heteroatoms. The van der Waals surface area contributed by atoms with Crippen LogP contribution in [0.2, 0.25) is 0 Å². The molecule has 3 N–H and O–H groups in total. The number of thiocarbonyl (C=S) groups is 1. The minimum atomic E-state index is 0.0979. The molecule has 0 atom stereocenters. The highest BCUT2D eigenvalue weighted by molar-refractivity contribution is 7.80. The molecule has 0 saturated carbocycles. The zero-order valence-corrected chi connectivity index (χ0v) is 9.08. The first kappa shape index (κ1) is 10.3. The van der Waals surface area contributed by atoms with E-state index in [4.69, 9.17) is 23.2 Å². The Morgan fingerprint density at radius 1 is 1.62 bits per heavy atom. The summed E-state index contributed by atoms with van der Waals surface area (Å²) in [5, 5.41) is 9.79. The number of pyridine rings is 1. The summed E-state index contributed by atoms with van der Waals surface area (Å²) in [4.78, 5) is 7.20. The molecule has 2 aromatic rings. The SMILES string of the molecule is N#CC(=Cc1c[nH]c2ccncc12)C(N)=S. The van der Waals surface area contributed by atoms with Gasteiger partial charge >= 0.3 is 0 Å². The molecule has 0 aliphatic rings. The first-order chi connectivity index (χ1) is 7.72. The molecule has 4 nitrogen and oxygen atoms in total. The van der Waals surface area contributed by atoms with E-state index < -0.39 is 0 Å². The van der Waals surface area contributed by atoms with Gasteiger partial charge in [0.05, 0.1) is 5.57 Å². The quantitative estimate of drug-likeness (QED) is 0.466. The van der Waals surface area contributed by atoms with E-state index >= 15 is 0 Å². The van der Waals surface area contributed by atoms with Crippen LogP contribution in [0, 0.1) is 11.3 Å². The van der Waals surface area contributed by atoms with Crippen LogP contribution in [-0.2, 0) is 0 Å². The lowest BCUT2D eigenvalue weighted by Crippen LogP contribution is -2.09. The van der Waals surface area contributed by atoms with Gasteiger partial charge in [0.25, 0.3) is 0 Å². The van der Waals surface area contributed by atoms with Crippen LogP contribution in [0.1, 0.15) is 5.56 Å². The zero-order chi connectivity index (χ0) is 11.5. The smallest absolute Gasteiger partial charge is 0.114 e. The van der Waals surface area contributed by atoms with Crippen molar-refractivity contribution in [3.8, 4) is 6.07 Å². The predicted octanol–water partition coefficient (Wildman–Crippen LogP) is 1.76. The molecule has 2 heterocycles. The van der Waals surface area contributed by atoms with Gasteiger partial charge in [0.1, 0.15) is 11.1 Å². The Balaban J connectivity index is 2.57. The molecular formula is C11H8N4S. The molecule has 0 radical (unpaired) electrons.